The van der Waals surface area contributed by atoms with Crippen molar-refractivity contribution >= 4 is 55.9 Å². The number of alkyl carbamates (subject to hydrolysis) is 1. The van der Waals surface area contributed by atoms with Crippen LogP contribution in [0.4, 0.5) is 4.79 Å². The summed E-state index contributed by atoms with van der Waals surface area (Å²) in [5.74, 6) is 0.985. The van der Waals surface area contributed by atoms with Crippen LogP contribution in [0.2, 0.25) is 0 Å². The largest absolute Gasteiger partial charge is 0.453 e. The van der Waals surface area contributed by atoms with Crippen molar-refractivity contribution in [2.24, 2.45) is 17.0 Å². The molecule has 2 fully saturated rings. The quantitative estimate of drug-likeness (QED) is 0.113. The topological polar surface area (TPSA) is 195 Å². The van der Waals surface area contributed by atoms with Crippen LogP contribution in [0.5, 0.6) is 0 Å². The number of fused-ring (bicyclic) bond motifs is 6. The number of nitrogens with zero attached hydrogens (tertiary/aromatic N) is 7. The fraction of sp³-hybridized carbons (Fsp3) is 0.450. The molecule has 5 atom stereocenters. The van der Waals surface area contributed by atoms with Crippen molar-refractivity contribution in [3.05, 3.63) is 65.3 Å². The van der Waals surface area contributed by atoms with Gasteiger partial charge in [-0.3, -0.25) is 19.7 Å². The van der Waals surface area contributed by atoms with Gasteiger partial charge in [0, 0.05) is 35.6 Å². The summed E-state index contributed by atoms with van der Waals surface area (Å²) in [7, 11) is 1.32. The van der Waals surface area contributed by atoms with Crippen molar-refractivity contribution in [1.29, 1.82) is 0 Å². The summed E-state index contributed by atoms with van der Waals surface area (Å²) < 4.78 is 4.81. The molecule has 2 aromatic carbocycles. The first kappa shape index (κ1) is 36.4. The van der Waals surface area contributed by atoms with E-state index in [1.807, 2.05) is 69.1 Å². The van der Waals surface area contributed by atoms with Crippen LogP contribution in [0.1, 0.15) is 77.1 Å². The van der Waals surface area contributed by atoms with Crippen LogP contribution in [0.15, 0.2) is 54.0 Å². The number of aliphatic hydroxyl groups excluding tert-OH is 1. The molecule has 8 rings (SSSR count). The fourth-order valence-electron chi connectivity index (χ4n) is 8.34. The second-order valence-corrected chi connectivity index (χ2v) is 15.5. The van der Waals surface area contributed by atoms with Crippen molar-refractivity contribution < 1.29 is 19.4 Å². The number of hydrogen-bond donors (Lipinski definition) is 4. The molecule has 2 amide bonds. The molecular weight excluding hydrogens is 701 g/mol. The zero-order valence-electron chi connectivity index (χ0n) is 31.6. The van der Waals surface area contributed by atoms with E-state index in [1.54, 1.807) is 11.1 Å². The predicted octanol–water partition coefficient (Wildman–Crippen LogP) is 6.49. The molecule has 6 heterocycles. The number of aromatic amines is 2. The smallest absolute Gasteiger partial charge is 0.407 e. The van der Waals surface area contributed by atoms with Crippen LogP contribution in [-0.4, -0.2) is 95.3 Å². The van der Waals surface area contributed by atoms with E-state index in [2.05, 4.69) is 26.5 Å². The van der Waals surface area contributed by atoms with Gasteiger partial charge in [-0.05, 0) is 67.3 Å². The second kappa shape index (κ2) is 14.6. The Morgan fingerprint density at radius 3 is 2.38 bits per heavy atom. The second-order valence-electron chi connectivity index (χ2n) is 15.5. The normalized spacial score (nSPS) is 19.6. The van der Waals surface area contributed by atoms with Crippen LogP contribution in [0.25, 0.3) is 55.0 Å². The van der Waals surface area contributed by atoms with Crippen molar-refractivity contribution in [2.75, 3.05) is 20.2 Å². The number of aromatic nitrogens is 6. The number of carbonyl (C=O) groups excluding carboxylic acids is 2. The summed E-state index contributed by atoms with van der Waals surface area (Å²) in [5.41, 5.74) is 6.62. The fourth-order valence-corrected chi connectivity index (χ4v) is 8.34. The number of rotatable bonds is 10. The molecule has 2 aliphatic heterocycles. The van der Waals surface area contributed by atoms with Crippen molar-refractivity contribution in [2.45, 2.75) is 83.8 Å². The number of nitrogens with one attached hydrogen (secondary N) is 3. The molecule has 4 N–H and O–H groups in total. The minimum Gasteiger partial charge on any atom is -0.453 e. The molecule has 4 aromatic heterocycles. The van der Waals surface area contributed by atoms with Gasteiger partial charge in [0.25, 0.3) is 5.91 Å². The van der Waals surface area contributed by atoms with E-state index < -0.39 is 24.4 Å². The number of amides is 2. The minimum absolute atomic E-state index is 0.0249. The zero-order valence-corrected chi connectivity index (χ0v) is 31.6. The summed E-state index contributed by atoms with van der Waals surface area (Å²) in [4.78, 5) is 67.1. The highest BCUT2D eigenvalue weighted by Crippen LogP contribution is 2.37. The molecule has 15 nitrogen and oxygen atoms in total. The lowest BCUT2D eigenvalue weighted by Crippen LogP contribution is -2.54. The molecule has 0 spiro atoms. The number of nitroso groups, excluding NO2 is 1. The maximum Gasteiger partial charge on any atom is 0.407 e. The van der Waals surface area contributed by atoms with Crippen molar-refractivity contribution in [3.8, 4) is 11.1 Å². The number of aliphatic hydroxyl groups is 1. The first-order chi connectivity index (χ1) is 26.6. The van der Waals surface area contributed by atoms with Gasteiger partial charge < -0.3 is 30.0 Å². The summed E-state index contributed by atoms with van der Waals surface area (Å²) in [6.45, 7) is 8.82. The number of pyridine rings is 2. The Morgan fingerprint density at radius 2 is 1.62 bits per heavy atom. The van der Waals surface area contributed by atoms with Crippen molar-refractivity contribution in [1.82, 2.24) is 45.0 Å². The highest BCUT2D eigenvalue weighted by atomic mass is 16.5. The monoisotopic (exact) mass is 746 g/mol. The summed E-state index contributed by atoms with van der Waals surface area (Å²) >= 11 is 0. The maximum absolute atomic E-state index is 13.3. The van der Waals surface area contributed by atoms with E-state index in [0.717, 1.165) is 86.5 Å². The molecule has 0 radical (unpaired) electrons. The van der Waals surface area contributed by atoms with Gasteiger partial charge in [0.2, 0.25) is 0 Å². The van der Waals surface area contributed by atoms with Gasteiger partial charge in [-0.15, -0.1) is 4.91 Å². The van der Waals surface area contributed by atoms with Gasteiger partial charge in [0.1, 0.15) is 23.4 Å². The molecule has 0 bridgehead atoms. The van der Waals surface area contributed by atoms with Crippen molar-refractivity contribution in [3.63, 3.8) is 0 Å². The average molecular weight is 747 g/mol. The number of H-pyrrole nitrogens is 2. The number of carbonyl (C=O) groups is 2. The predicted molar refractivity (Wildman–Crippen MR) is 209 cm³/mol. The molecule has 2 aliphatic rings. The van der Waals surface area contributed by atoms with Gasteiger partial charge in [-0.25, -0.2) is 14.8 Å². The molecule has 2 unspecified atom stereocenters. The molecule has 6 aromatic rings. The number of benzene rings is 2. The zero-order chi connectivity index (χ0) is 38.5. The number of ether oxygens (including phenoxy) is 1. The SMILES string of the molecule is COC(=O)N[C@@H](C(C)C)C(O)N1CCC[C@H]1c1nc2c(cnc3cc(-c4cnc5c(ccc6[nH]c([C@@H]7CCCN7C(=O)C(N=O)C(C)C)nc65)c4)ccc32)[nH]1. The lowest BCUT2D eigenvalue weighted by Gasteiger charge is -2.35. The lowest BCUT2D eigenvalue weighted by molar-refractivity contribution is -0.134. The van der Waals surface area contributed by atoms with Gasteiger partial charge in [0.15, 0.2) is 6.04 Å². The lowest BCUT2D eigenvalue weighted by atomic mass is 10.0. The molecule has 55 heavy (non-hydrogen) atoms. The number of hydrogen-bond acceptors (Lipinski definition) is 11. The van der Waals surface area contributed by atoms with Gasteiger partial charge in [0.05, 0.1) is 59.0 Å². The first-order valence-corrected chi connectivity index (χ1v) is 19.0. The van der Waals surface area contributed by atoms with E-state index in [4.69, 9.17) is 24.7 Å². The van der Waals surface area contributed by atoms with E-state index in [1.165, 1.54) is 7.11 Å². The highest BCUT2D eigenvalue weighted by molar-refractivity contribution is 6.05. The van der Waals surface area contributed by atoms with Crippen LogP contribution >= 0.6 is 0 Å². The van der Waals surface area contributed by atoms with Crippen LogP contribution < -0.4 is 5.32 Å². The third kappa shape index (κ3) is 6.54. The van der Waals surface area contributed by atoms with Crippen LogP contribution in [0.3, 0.4) is 0 Å². The molecular formula is C40H46N10O5. The Balaban J connectivity index is 1.06. The summed E-state index contributed by atoms with van der Waals surface area (Å²) in [6, 6.07) is 10.4. The summed E-state index contributed by atoms with van der Waals surface area (Å²) in [5, 5.41) is 19.2. The molecule has 2 saturated heterocycles. The average Bonchev–Trinajstić information content (AvgIpc) is 4.01. The van der Waals surface area contributed by atoms with E-state index in [-0.39, 0.29) is 29.8 Å². The standard InChI is InChI=1S/C40H46N10O5/c1-20(2)31(47-40(53)55-5)38(51)49-14-6-9-30(49)37-44-28-19-41-27-17-22(10-12-25(27)34(28)45-37)24-16-23-11-13-26-35(33(23)42-18-24)46-36(43-26)29-8-7-15-50(29)39(52)32(48-54)21(3)4/h10-13,16-21,29-32,38,51H,6-9,14-15H2,1-5H3,(H,43,46)(H,44,45)(H,47,53)/t29-,30-,31-,32?,38?/m0/s1. The Labute approximate surface area is 317 Å². The maximum atomic E-state index is 13.3. The Kier molecular flexibility index (Phi) is 9.67. The van der Waals surface area contributed by atoms with Crippen LogP contribution in [-0.2, 0) is 9.53 Å². The summed E-state index contributed by atoms with van der Waals surface area (Å²) in [6.07, 6.45) is 5.42. The number of imidazole rings is 2. The Hall–Kier alpha value is -5.54. The number of likely N-dealkylation sites (tertiary alicyclic amines) is 2. The first-order valence-electron chi connectivity index (χ1n) is 19.0. The Bertz CT molecular complexity index is 2420. The van der Waals surface area contributed by atoms with E-state index in [9.17, 15) is 19.6 Å². The van der Waals surface area contributed by atoms with Crippen LogP contribution in [0, 0.1) is 16.7 Å². The third-order valence-electron chi connectivity index (χ3n) is 11.3. The molecule has 0 saturated carbocycles. The van der Waals surface area contributed by atoms with E-state index >= 15 is 0 Å². The van der Waals surface area contributed by atoms with Gasteiger partial charge in [-0.1, -0.05) is 45.0 Å². The highest BCUT2D eigenvalue weighted by Gasteiger charge is 2.39. The molecule has 15 heteroatoms. The van der Waals surface area contributed by atoms with Gasteiger partial charge >= 0.3 is 6.09 Å². The van der Waals surface area contributed by atoms with E-state index in [0.29, 0.717) is 18.9 Å². The Morgan fingerprint density at radius 1 is 0.873 bits per heavy atom. The minimum atomic E-state index is -0.919. The van der Waals surface area contributed by atoms with Gasteiger partial charge in [-0.2, -0.15) is 0 Å². The molecule has 0 aliphatic carbocycles. The third-order valence-corrected chi connectivity index (χ3v) is 11.3. The number of methoxy groups -OCH3 is 1. The molecule has 286 valence electrons.